The Balaban J connectivity index is 1.59. The zero-order chi connectivity index (χ0) is 14.0. The molecule has 20 heavy (non-hydrogen) atoms. The Morgan fingerprint density at radius 1 is 0.900 bits per heavy atom. The van der Waals surface area contributed by atoms with Crippen molar-refractivity contribution in [3.8, 4) is 0 Å². The number of nitrogens with one attached hydrogen (secondary N) is 2. The van der Waals surface area contributed by atoms with Gasteiger partial charge in [0.15, 0.2) is 5.11 Å². The maximum Gasteiger partial charge on any atom is 0.166 e. The molecule has 0 saturated carbocycles. The van der Waals surface area contributed by atoms with Crippen LogP contribution < -0.4 is 10.6 Å². The number of hydrogen-bond acceptors (Lipinski definition) is 3. The molecule has 0 atom stereocenters. The molecule has 2 rings (SSSR count). The van der Waals surface area contributed by atoms with Crippen LogP contribution in [0.4, 0.5) is 0 Å². The minimum absolute atomic E-state index is 0.692. The normalized spacial score (nSPS) is 10.0. The summed E-state index contributed by atoms with van der Waals surface area (Å²) in [6, 6.07) is 8.01. The Kier molecular flexibility index (Phi) is 5.92. The lowest BCUT2D eigenvalue weighted by molar-refractivity contribution is 0.800. The second-order valence-electron chi connectivity index (χ2n) is 4.41. The van der Waals surface area contributed by atoms with Crippen molar-refractivity contribution in [2.75, 3.05) is 13.1 Å². The van der Waals surface area contributed by atoms with Crippen molar-refractivity contribution < 1.29 is 0 Å². The number of aromatic nitrogens is 2. The van der Waals surface area contributed by atoms with E-state index in [2.05, 4.69) is 32.7 Å². The van der Waals surface area contributed by atoms with E-state index in [1.807, 2.05) is 24.5 Å². The number of hydrogen-bond donors (Lipinski definition) is 2. The van der Waals surface area contributed by atoms with E-state index < -0.39 is 0 Å². The molecule has 4 nitrogen and oxygen atoms in total. The number of thiocarbonyl (C=S) groups is 1. The van der Waals surface area contributed by atoms with Gasteiger partial charge in [0, 0.05) is 37.9 Å². The second-order valence-corrected chi connectivity index (χ2v) is 4.81. The van der Waals surface area contributed by atoms with Crippen molar-refractivity contribution in [1.29, 1.82) is 0 Å². The summed E-state index contributed by atoms with van der Waals surface area (Å²) in [5, 5.41) is 7.08. The maximum absolute atomic E-state index is 5.23. The molecular weight excluding hydrogens is 268 g/mol. The highest BCUT2D eigenvalue weighted by atomic mass is 32.1. The van der Waals surface area contributed by atoms with E-state index in [1.54, 1.807) is 12.4 Å². The van der Waals surface area contributed by atoms with Gasteiger partial charge in [-0.15, -0.1) is 0 Å². The fourth-order valence-corrected chi connectivity index (χ4v) is 2.00. The molecule has 5 heteroatoms. The number of nitrogens with zero attached hydrogens (tertiary/aromatic N) is 2. The van der Waals surface area contributed by atoms with Crippen LogP contribution in [0.15, 0.2) is 49.1 Å². The fourth-order valence-electron chi connectivity index (χ4n) is 1.80. The molecule has 0 aliphatic heterocycles. The Morgan fingerprint density at radius 3 is 1.80 bits per heavy atom. The molecule has 0 saturated heterocycles. The van der Waals surface area contributed by atoms with Gasteiger partial charge >= 0.3 is 0 Å². The molecule has 0 aliphatic rings. The monoisotopic (exact) mass is 286 g/mol. The average Bonchev–Trinajstić information content (AvgIpc) is 2.49. The lowest BCUT2D eigenvalue weighted by atomic mass is 10.2. The van der Waals surface area contributed by atoms with Crippen LogP contribution in [0, 0.1) is 0 Å². The minimum atomic E-state index is 0.692. The summed E-state index contributed by atoms with van der Waals surface area (Å²) in [6.07, 6.45) is 9.14. The quantitative estimate of drug-likeness (QED) is 0.792. The molecule has 2 aromatic heterocycles. The Hall–Kier alpha value is -2.01. The second kappa shape index (κ2) is 8.22. The van der Waals surface area contributed by atoms with Crippen LogP contribution in [0.2, 0.25) is 0 Å². The molecule has 2 N–H and O–H groups in total. The van der Waals surface area contributed by atoms with Crippen LogP contribution >= 0.6 is 12.2 Å². The van der Waals surface area contributed by atoms with Gasteiger partial charge < -0.3 is 10.6 Å². The van der Waals surface area contributed by atoms with E-state index in [1.165, 1.54) is 11.1 Å². The van der Waals surface area contributed by atoms with Gasteiger partial charge in [0.2, 0.25) is 0 Å². The van der Waals surface area contributed by atoms with E-state index in [0.717, 1.165) is 25.9 Å². The molecule has 0 aliphatic carbocycles. The largest absolute Gasteiger partial charge is 0.362 e. The van der Waals surface area contributed by atoms with Gasteiger partial charge in [-0.2, -0.15) is 0 Å². The molecule has 0 bridgehead atoms. The van der Waals surface area contributed by atoms with Crippen LogP contribution in [0.3, 0.4) is 0 Å². The zero-order valence-corrected chi connectivity index (χ0v) is 12.1. The van der Waals surface area contributed by atoms with E-state index in [0.29, 0.717) is 5.11 Å². The molecule has 2 heterocycles. The van der Waals surface area contributed by atoms with Crippen LogP contribution in [0.1, 0.15) is 11.1 Å². The van der Waals surface area contributed by atoms with Crippen LogP contribution in [-0.4, -0.2) is 28.2 Å². The Labute approximate surface area is 124 Å². The first kappa shape index (κ1) is 14.4. The van der Waals surface area contributed by atoms with Gasteiger partial charge in [-0.1, -0.05) is 12.1 Å². The third-order valence-electron chi connectivity index (χ3n) is 2.84. The SMILES string of the molecule is S=C(NCCc1cccnc1)NCCc1cccnc1. The lowest BCUT2D eigenvalue weighted by Crippen LogP contribution is -2.37. The lowest BCUT2D eigenvalue weighted by Gasteiger charge is -2.10. The van der Waals surface area contributed by atoms with E-state index >= 15 is 0 Å². The Morgan fingerprint density at radius 2 is 1.40 bits per heavy atom. The highest BCUT2D eigenvalue weighted by Gasteiger charge is 1.97. The van der Waals surface area contributed by atoms with E-state index in [4.69, 9.17) is 12.2 Å². The summed E-state index contributed by atoms with van der Waals surface area (Å²) >= 11 is 5.23. The third kappa shape index (κ3) is 5.32. The number of pyridine rings is 2. The summed E-state index contributed by atoms with van der Waals surface area (Å²) in [4.78, 5) is 8.17. The predicted molar refractivity (Wildman–Crippen MR) is 84.5 cm³/mol. The molecule has 0 unspecified atom stereocenters. The standard InChI is InChI=1S/C15H18N4S/c20-15(18-9-5-13-3-1-7-16-11-13)19-10-6-14-4-2-8-17-12-14/h1-4,7-8,11-12H,5-6,9-10H2,(H2,18,19,20). The van der Waals surface area contributed by atoms with Gasteiger partial charge in [0.1, 0.15) is 0 Å². The smallest absolute Gasteiger partial charge is 0.166 e. The molecular formula is C15H18N4S. The molecule has 0 fully saturated rings. The molecule has 0 aromatic carbocycles. The summed E-state index contributed by atoms with van der Waals surface area (Å²) < 4.78 is 0. The van der Waals surface area contributed by atoms with Gasteiger partial charge in [-0.25, -0.2) is 0 Å². The highest BCUT2D eigenvalue weighted by molar-refractivity contribution is 7.80. The van der Waals surface area contributed by atoms with Crippen LogP contribution in [0.25, 0.3) is 0 Å². The Bertz CT molecular complexity index is 468. The van der Waals surface area contributed by atoms with Crippen molar-refractivity contribution in [2.24, 2.45) is 0 Å². The van der Waals surface area contributed by atoms with Crippen LogP contribution in [0.5, 0.6) is 0 Å². The predicted octanol–water partition coefficient (Wildman–Crippen LogP) is 1.73. The molecule has 0 spiro atoms. The van der Waals surface area contributed by atoms with Crippen molar-refractivity contribution in [1.82, 2.24) is 20.6 Å². The van der Waals surface area contributed by atoms with Gasteiger partial charge in [0.05, 0.1) is 0 Å². The van der Waals surface area contributed by atoms with Crippen molar-refractivity contribution >= 4 is 17.3 Å². The van der Waals surface area contributed by atoms with Crippen molar-refractivity contribution in [2.45, 2.75) is 12.8 Å². The molecule has 0 amide bonds. The fraction of sp³-hybridized carbons (Fsp3) is 0.267. The third-order valence-corrected chi connectivity index (χ3v) is 3.13. The molecule has 2 aromatic rings. The summed E-state index contributed by atoms with van der Waals surface area (Å²) in [7, 11) is 0. The first-order valence-corrected chi connectivity index (χ1v) is 7.05. The van der Waals surface area contributed by atoms with Crippen LogP contribution in [-0.2, 0) is 12.8 Å². The highest BCUT2D eigenvalue weighted by Crippen LogP contribution is 1.96. The van der Waals surface area contributed by atoms with Crippen molar-refractivity contribution in [3.05, 3.63) is 60.2 Å². The van der Waals surface area contributed by atoms with Gasteiger partial charge in [0.25, 0.3) is 0 Å². The summed E-state index contributed by atoms with van der Waals surface area (Å²) in [6.45, 7) is 1.62. The molecule has 104 valence electrons. The topological polar surface area (TPSA) is 49.8 Å². The van der Waals surface area contributed by atoms with E-state index in [-0.39, 0.29) is 0 Å². The van der Waals surface area contributed by atoms with Gasteiger partial charge in [-0.05, 0) is 48.3 Å². The van der Waals surface area contributed by atoms with E-state index in [9.17, 15) is 0 Å². The first-order valence-electron chi connectivity index (χ1n) is 6.64. The maximum atomic E-state index is 5.23. The minimum Gasteiger partial charge on any atom is -0.362 e. The average molecular weight is 286 g/mol. The zero-order valence-electron chi connectivity index (χ0n) is 11.2. The van der Waals surface area contributed by atoms with Gasteiger partial charge in [-0.3, -0.25) is 9.97 Å². The van der Waals surface area contributed by atoms with Crippen molar-refractivity contribution in [3.63, 3.8) is 0 Å². The first-order chi connectivity index (χ1) is 9.84. The summed E-state index contributed by atoms with van der Waals surface area (Å²) in [5.74, 6) is 0. The molecule has 0 radical (unpaired) electrons. The number of rotatable bonds is 6. The summed E-state index contributed by atoms with van der Waals surface area (Å²) in [5.41, 5.74) is 2.41.